The molecule has 0 aliphatic heterocycles. The summed E-state index contributed by atoms with van der Waals surface area (Å²) in [6.07, 6.45) is 0.870. The third kappa shape index (κ3) is 4.07. The van der Waals surface area contributed by atoms with Crippen LogP contribution in [0.25, 0.3) is 11.0 Å². The molecule has 0 spiro atoms. The number of carbonyl (C=O) groups is 1. The van der Waals surface area contributed by atoms with E-state index in [4.69, 9.17) is 0 Å². The molecule has 0 aliphatic rings. The van der Waals surface area contributed by atoms with Crippen molar-refractivity contribution in [1.82, 2.24) is 25.3 Å². The molecule has 0 unspecified atom stereocenters. The molecule has 1 amide bonds. The van der Waals surface area contributed by atoms with Crippen molar-refractivity contribution in [2.45, 2.75) is 46.6 Å². The zero-order valence-electron chi connectivity index (χ0n) is 16.1. The highest BCUT2D eigenvalue weighted by molar-refractivity contribution is 5.79. The molecule has 0 saturated heterocycles. The van der Waals surface area contributed by atoms with Gasteiger partial charge in [0.2, 0.25) is 5.91 Å². The summed E-state index contributed by atoms with van der Waals surface area (Å²) >= 11 is 0. The molecule has 2 atom stereocenters. The number of H-pyrrole nitrogens is 2. The second-order valence-electron chi connectivity index (χ2n) is 6.96. The first-order chi connectivity index (χ1) is 12.9. The Bertz CT molecular complexity index is 988. The van der Waals surface area contributed by atoms with E-state index in [9.17, 15) is 9.59 Å². The third-order valence-corrected chi connectivity index (χ3v) is 4.91. The van der Waals surface area contributed by atoms with Crippen LogP contribution in [0.1, 0.15) is 49.2 Å². The van der Waals surface area contributed by atoms with Crippen LogP contribution in [-0.4, -0.2) is 25.8 Å². The number of imidazole rings is 1. The van der Waals surface area contributed by atoms with Crippen LogP contribution >= 0.6 is 0 Å². The number of nitrogens with one attached hydrogen (secondary N) is 3. The summed E-state index contributed by atoms with van der Waals surface area (Å²) in [5, 5.41) is 3.05. The molecule has 2 heterocycles. The quantitative estimate of drug-likeness (QED) is 0.623. The van der Waals surface area contributed by atoms with E-state index in [0.29, 0.717) is 17.1 Å². The molecule has 0 fully saturated rings. The molecule has 0 radical (unpaired) electrons. The fourth-order valence-electron chi connectivity index (χ4n) is 3.18. The smallest absolute Gasteiger partial charge is 0.254 e. The molecule has 142 valence electrons. The number of carbonyl (C=O) groups excluding carboxylic acids is 1. The van der Waals surface area contributed by atoms with Gasteiger partial charge in [-0.3, -0.25) is 9.59 Å². The van der Waals surface area contributed by atoms with E-state index in [2.05, 4.69) is 39.1 Å². The van der Waals surface area contributed by atoms with Crippen molar-refractivity contribution < 1.29 is 4.79 Å². The summed E-state index contributed by atoms with van der Waals surface area (Å²) in [5.41, 5.74) is 2.51. The van der Waals surface area contributed by atoms with Crippen molar-refractivity contribution in [3.63, 3.8) is 0 Å². The molecule has 0 bridgehead atoms. The topological polar surface area (TPSA) is 104 Å². The van der Waals surface area contributed by atoms with Gasteiger partial charge in [0.15, 0.2) is 0 Å². The van der Waals surface area contributed by atoms with Crippen molar-refractivity contribution in [1.29, 1.82) is 0 Å². The highest BCUT2D eigenvalue weighted by atomic mass is 16.2. The number of amides is 1. The Morgan fingerprint density at radius 1 is 1.19 bits per heavy atom. The van der Waals surface area contributed by atoms with E-state index in [1.54, 1.807) is 13.8 Å². The summed E-state index contributed by atoms with van der Waals surface area (Å²) in [6.45, 7) is 7.61. The Hall–Kier alpha value is -2.96. The van der Waals surface area contributed by atoms with Crippen LogP contribution in [0.2, 0.25) is 0 Å². The van der Waals surface area contributed by atoms with Gasteiger partial charge >= 0.3 is 0 Å². The number of rotatable bonds is 6. The van der Waals surface area contributed by atoms with Gasteiger partial charge in [-0.2, -0.15) is 0 Å². The lowest BCUT2D eigenvalue weighted by Crippen LogP contribution is -2.35. The molecule has 3 rings (SSSR count). The van der Waals surface area contributed by atoms with Gasteiger partial charge in [-0.25, -0.2) is 9.97 Å². The van der Waals surface area contributed by atoms with E-state index < -0.39 is 0 Å². The van der Waals surface area contributed by atoms with Gasteiger partial charge < -0.3 is 15.3 Å². The second kappa shape index (κ2) is 7.73. The van der Waals surface area contributed by atoms with Gasteiger partial charge in [-0.1, -0.05) is 32.4 Å². The molecule has 7 nitrogen and oxygen atoms in total. The lowest BCUT2D eigenvalue weighted by molar-refractivity contribution is -0.121. The number of hydrogen-bond donors (Lipinski definition) is 3. The van der Waals surface area contributed by atoms with Crippen molar-refractivity contribution in [2.75, 3.05) is 0 Å². The summed E-state index contributed by atoms with van der Waals surface area (Å²) in [7, 11) is 0. The van der Waals surface area contributed by atoms with Gasteiger partial charge in [-0.15, -0.1) is 0 Å². The maximum Gasteiger partial charge on any atom is 0.254 e. The van der Waals surface area contributed by atoms with Crippen molar-refractivity contribution in [3.8, 4) is 0 Å². The van der Waals surface area contributed by atoms with Crippen LogP contribution in [-0.2, 0) is 11.2 Å². The number of nitrogens with zero attached hydrogens (tertiary/aromatic N) is 2. The highest BCUT2D eigenvalue weighted by Gasteiger charge is 2.24. The monoisotopic (exact) mass is 367 g/mol. The minimum absolute atomic E-state index is 0.0123. The van der Waals surface area contributed by atoms with E-state index in [1.165, 1.54) is 0 Å². The van der Waals surface area contributed by atoms with Crippen LogP contribution in [0, 0.1) is 19.8 Å². The lowest BCUT2D eigenvalue weighted by atomic mass is 9.98. The first-order valence-electron chi connectivity index (χ1n) is 9.19. The summed E-state index contributed by atoms with van der Waals surface area (Å²) < 4.78 is 0. The molecule has 2 aromatic heterocycles. The number of aromatic amines is 2. The molecule has 7 heteroatoms. The predicted octanol–water partition coefficient (Wildman–Crippen LogP) is 2.71. The van der Waals surface area contributed by atoms with Crippen LogP contribution in [0.5, 0.6) is 0 Å². The number of fused-ring (bicyclic) bond motifs is 1. The predicted molar refractivity (Wildman–Crippen MR) is 104 cm³/mol. The molecule has 0 saturated carbocycles. The fraction of sp³-hybridized carbons (Fsp3) is 0.400. The van der Waals surface area contributed by atoms with Crippen molar-refractivity contribution in [2.24, 2.45) is 5.92 Å². The average molecular weight is 367 g/mol. The molecular weight excluding hydrogens is 342 g/mol. The minimum atomic E-state index is -0.265. The van der Waals surface area contributed by atoms with E-state index in [0.717, 1.165) is 23.3 Å². The highest BCUT2D eigenvalue weighted by Crippen LogP contribution is 2.24. The molecule has 3 aromatic rings. The number of hydrogen-bond acceptors (Lipinski definition) is 4. The summed E-state index contributed by atoms with van der Waals surface area (Å²) in [5.74, 6) is 1.23. The maximum atomic E-state index is 12.7. The third-order valence-electron chi connectivity index (χ3n) is 4.91. The number of para-hydroxylation sites is 2. The van der Waals surface area contributed by atoms with Gasteiger partial charge in [0.05, 0.1) is 23.5 Å². The molecule has 27 heavy (non-hydrogen) atoms. The van der Waals surface area contributed by atoms with Crippen LogP contribution in [0.15, 0.2) is 29.1 Å². The van der Waals surface area contributed by atoms with Crippen molar-refractivity contribution >= 4 is 16.9 Å². The first-order valence-corrected chi connectivity index (χ1v) is 9.19. The molecular formula is C20H25N5O2. The number of aryl methyl sites for hydroxylation is 2. The zero-order valence-corrected chi connectivity index (χ0v) is 16.1. The average Bonchev–Trinajstić information content (AvgIpc) is 3.05. The van der Waals surface area contributed by atoms with E-state index in [-0.39, 0.29) is 29.8 Å². The Balaban J connectivity index is 1.84. The van der Waals surface area contributed by atoms with Crippen LogP contribution in [0.3, 0.4) is 0 Å². The van der Waals surface area contributed by atoms with E-state index in [1.807, 2.05) is 24.3 Å². The maximum absolute atomic E-state index is 12.7. The Labute approximate surface area is 157 Å². The molecule has 3 N–H and O–H groups in total. The van der Waals surface area contributed by atoms with E-state index >= 15 is 0 Å². The minimum Gasteiger partial charge on any atom is -0.346 e. The lowest BCUT2D eigenvalue weighted by Gasteiger charge is -2.22. The molecule has 0 aliphatic carbocycles. The SMILES string of the molecule is CC[C@@H](C)[C@@H](NC(=O)Cc1c(C)nc(C)[nH]c1=O)c1nc2ccccc2[nH]1. The molecule has 1 aromatic carbocycles. The Kier molecular flexibility index (Phi) is 5.39. The van der Waals surface area contributed by atoms with Gasteiger partial charge in [0, 0.05) is 11.3 Å². The Morgan fingerprint density at radius 2 is 1.93 bits per heavy atom. The fourth-order valence-corrected chi connectivity index (χ4v) is 3.18. The zero-order chi connectivity index (χ0) is 19.6. The number of benzene rings is 1. The second-order valence-corrected chi connectivity index (χ2v) is 6.96. The van der Waals surface area contributed by atoms with Gasteiger partial charge in [0.25, 0.3) is 5.56 Å². The van der Waals surface area contributed by atoms with Crippen molar-refractivity contribution in [3.05, 3.63) is 57.5 Å². The van der Waals surface area contributed by atoms with Gasteiger partial charge in [0.1, 0.15) is 11.6 Å². The first kappa shape index (κ1) is 18.8. The van der Waals surface area contributed by atoms with Crippen LogP contribution in [0.4, 0.5) is 0 Å². The summed E-state index contributed by atoms with van der Waals surface area (Å²) in [4.78, 5) is 39.7. The normalized spacial score (nSPS) is 13.5. The van der Waals surface area contributed by atoms with Gasteiger partial charge in [-0.05, 0) is 31.9 Å². The Morgan fingerprint density at radius 3 is 2.59 bits per heavy atom. The number of aromatic nitrogens is 4. The largest absolute Gasteiger partial charge is 0.346 e. The van der Waals surface area contributed by atoms with Crippen LogP contribution < -0.4 is 10.9 Å². The standard InChI is InChI=1S/C20H25N5O2/c1-5-11(2)18(19-23-15-8-6-7-9-16(15)24-19)25-17(26)10-14-12(3)21-13(4)22-20(14)27/h6-9,11,18H,5,10H2,1-4H3,(H,23,24)(H,25,26)(H,21,22,27)/t11-,18-/m1/s1. The summed E-state index contributed by atoms with van der Waals surface area (Å²) in [6, 6.07) is 7.52.